The van der Waals surface area contributed by atoms with Crippen molar-refractivity contribution < 1.29 is 19.4 Å². The van der Waals surface area contributed by atoms with Crippen LogP contribution in [-0.2, 0) is 24.4 Å². The van der Waals surface area contributed by atoms with Gasteiger partial charge in [0.25, 0.3) is 0 Å². The lowest BCUT2D eigenvalue weighted by atomic mass is 10.1. The van der Waals surface area contributed by atoms with Gasteiger partial charge in [0.2, 0.25) is 5.91 Å². The standard InChI is InChI=1S/C20H26N4O4/c1-22(2)20(26)11-17(25)16-10-15-13-23(5-6-24(15)21-16)12-14-3-4-18-19(9-14)28-8-7-27-18/h3-4,9-10,17,25H,5-8,11-13H2,1-2H3/t17-/m1/s1. The average molecular weight is 386 g/mol. The fourth-order valence-electron chi connectivity index (χ4n) is 3.54. The van der Waals surface area contributed by atoms with Crippen molar-refractivity contribution in [1.29, 1.82) is 0 Å². The highest BCUT2D eigenvalue weighted by Gasteiger charge is 2.23. The van der Waals surface area contributed by atoms with E-state index in [1.807, 2.05) is 22.9 Å². The first-order chi connectivity index (χ1) is 13.5. The van der Waals surface area contributed by atoms with Gasteiger partial charge in [-0.3, -0.25) is 14.4 Å². The van der Waals surface area contributed by atoms with Crippen LogP contribution < -0.4 is 9.47 Å². The third-order valence-corrected chi connectivity index (χ3v) is 5.12. The average Bonchev–Trinajstić information content (AvgIpc) is 3.11. The van der Waals surface area contributed by atoms with Crippen LogP contribution in [0.1, 0.15) is 29.5 Å². The number of nitrogens with zero attached hydrogens (tertiary/aromatic N) is 4. The monoisotopic (exact) mass is 386 g/mol. The highest BCUT2D eigenvalue weighted by molar-refractivity contribution is 5.76. The Morgan fingerprint density at radius 3 is 2.79 bits per heavy atom. The van der Waals surface area contributed by atoms with Gasteiger partial charge in [-0.25, -0.2) is 0 Å². The number of amides is 1. The fourth-order valence-corrected chi connectivity index (χ4v) is 3.54. The Labute approximate surface area is 164 Å². The molecular formula is C20H26N4O4. The van der Waals surface area contributed by atoms with Gasteiger partial charge in [0.15, 0.2) is 11.5 Å². The molecule has 28 heavy (non-hydrogen) atoms. The van der Waals surface area contributed by atoms with E-state index in [2.05, 4.69) is 16.1 Å². The Morgan fingerprint density at radius 2 is 2.00 bits per heavy atom. The molecule has 1 aromatic heterocycles. The highest BCUT2D eigenvalue weighted by atomic mass is 16.6. The molecule has 0 fully saturated rings. The quantitative estimate of drug-likeness (QED) is 0.831. The number of ether oxygens (including phenoxy) is 2. The zero-order valence-electron chi connectivity index (χ0n) is 16.3. The van der Waals surface area contributed by atoms with Gasteiger partial charge in [0.05, 0.1) is 24.4 Å². The van der Waals surface area contributed by atoms with Gasteiger partial charge in [0, 0.05) is 33.7 Å². The molecule has 8 heteroatoms. The Morgan fingerprint density at radius 1 is 1.21 bits per heavy atom. The summed E-state index contributed by atoms with van der Waals surface area (Å²) in [7, 11) is 3.37. The van der Waals surface area contributed by atoms with E-state index in [0.717, 1.165) is 43.4 Å². The SMILES string of the molecule is CN(C)C(=O)C[C@@H](O)c1cc2n(n1)CCN(Cc1ccc3c(c1)OCCO3)C2. The van der Waals surface area contributed by atoms with E-state index in [-0.39, 0.29) is 12.3 Å². The molecule has 8 nitrogen and oxygen atoms in total. The number of aliphatic hydroxyl groups excluding tert-OH is 1. The third-order valence-electron chi connectivity index (χ3n) is 5.12. The minimum atomic E-state index is -0.876. The van der Waals surface area contributed by atoms with Gasteiger partial charge < -0.3 is 19.5 Å². The lowest BCUT2D eigenvalue weighted by Gasteiger charge is -2.28. The number of benzene rings is 1. The lowest BCUT2D eigenvalue weighted by molar-refractivity contribution is -0.130. The summed E-state index contributed by atoms with van der Waals surface area (Å²) >= 11 is 0. The molecule has 2 aliphatic heterocycles. The third kappa shape index (κ3) is 3.98. The van der Waals surface area contributed by atoms with Crippen LogP contribution in [0.15, 0.2) is 24.3 Å². The number of carbonyl (C=O) groups excluding carboxylic acids is 1. The molecule has 0 saturated heterocycles. The van der Waals surface area contributed by atoms with Crippen LogP contribution >= 0.6 is 0 Å². The van der Waals surface area contributed by atoms with Crippen LogP contribution in [0, 0.1) is 0 Å². The Kier molecular flexibility index (Phi) is 5.23. The number of fused-ring (bicyclic) bond motifs is 2. The number of rotatable bonds is 5. The van der Waals surface area contributed by atoms with Gasteiger partial charge >= 0.3 is 0 Å². The van der Waals surface area contributed by atoms with Gasteiger partial charge in [0.1, 0.15) is 19.3 Å². The maximum atomic E-state index is 11.8. The first-order valence-electron chi connectivity index (χ1n) is 9.55. The largest absolute Gasteiger partial charge is 0.486 e. The van der Waals surface area contributed by atoms with Crippen molar-refractivity contribution >= 4 is 5.91 Å². The van der Waals surface area contributed by atoms with Crippen LogP contribution in [0.5, 0.6) is 11.5 Å². The zero-order chi connectivity index (χ0) is 19.7. The van der Waals surface area contributed by atoms with Gasteiger partial charge in [-0.1, -0.05) is 6.07 Å². The number of aliphatic hydroxyl groups is 1. The zero-order valence-corrected chi connectivity index (χ0v) is 16.3. The molecule has 150 valence electrons. The molecule has 2 aliphatic rings. The van der Waals surface area contributed by atoms with E-state index in [0.29, 0.717) is 18.9 Å². The molecule has 4 rings (SSSR count). The van der Waals surface area contributed by atoms with Crippen LogP contribution in [-0.4, -0.2) is 64.4 Å². The van der Waals surface area contributed by atoms with E-state index in [4.69, 9.17) is 9.47 Å². The topological polar surface area (TPSA) is 80.1 Å². The number of carbonyl (C=O) groups is 1. The van der Waals surface area contributed by atoms with E-state index in [9.17, 15) is 9.90 Å². The first kappa shape index (κ1) is 18.8. The maximum Gasteiger partial charge on any atom is 0.225 e. The Bertz CT molecular complexity index is 864. The molecule has 1 atom stereocenters. The van der Waals surface area contributed by atoms with Crippen LogP contribution in [0.25, 0.3) is 0 Å². The Hall–Kier alpha value is -2.58. The second-order valence-corrected chi connectivity index (χ2v) is 7.48. The van der Waals surface area contributed by atoms with Crippen LogP contribution in [0.3, 0.4) is 0 Å². The molecule has 0 saturated carbocycles. The highest BCUT2D eigenvalue weighted by Crippen LogP contribution is 2.31. The summed E-state index contributed by atoms with van der Waals surface area (Å²) in [5, 5.41) is 14.8. The summed E-state index contributed by atoms with van der Waals surface area (Å²) in [6.07, 6.45) is -0.830. The number of hydrogen-bond acceptors (Lipinski definition) is 6. The van der Waals surface area contributed by atoms with Crippen molar-refractivity contribution in [2.45, 2.75) is 32.2 Å². The maximum absolute atomic E-state index is 11.8. The first-order valence-corrected chi connectivity index (χ1v) is 9.55. The molecule has 2 aromatic rings. The molecule has 1 aromatic carbocycles. The lowest BCUT2D eigenvalue weighted by Crippen LogP contribution is -2.33. The second-order valence-electron chi connectivity index (χ2n) is 7.48. The van der Waals surface area contributed by atoms with Crippen molar-refractivity contribution in [3.05, 3.63) is 41.2 Å². The molecule has 0 spiro atoms. The van der Waals surface area contributed by atoms with Crippen LogP contribution in [0.2, 0.25) is 0 Å². The van der Waals surface area contributed by atoms with Gasteiger partial charge in [-0.2, -0.15) is 5.10 Å². The number of hydrogen-bond donors (Lipinski definition) is 1. The van der Waals surface area contributed by atoms with Crippen LogP contribution in [0.4, 0.5) is 0 Å². The normalized spacial score (nSPS) is 17.1. The molecule has 0 bridgehead atoms. The summed E-state index contributed by atoms with van der Waals surface area (Å²) < 4.78 is 13.2. The van der Waals surface area contributed by atoms with Gasteiger partial charge in [-0.05, 0) is 23.8 Å². The van der Waals surface area contributed by atoms with Crippen molar-refractivity contribution in [1.82, 2.24) is 19.6 Å². The van der Waals surface area contributed by atoms with E-state index >= 15 is 0 Å². The van der Waals surface area contributed by atoms with Gasteiger partial charge in [-0.15, -0.1) is 0 Å². The Balaban J connectivity index is 1.41. The van der Waals surface area contributed by atoms with Crippen molar-refractivity contribution in [3.8, 4) is 11.5 Å². The second kappa shape index (κ2) is 7.81. The number of aromatic nitrogens is 2. The predicted molar refractivity (Wildman–Crippen MR) is 102 cm³/mol. The molecule has 0 radical (unpaired) electrons. The van der Waals surface area contributed by atoms with E-state index < -0.39 is 6.10 Å². The molecule has 1 N–H and O–H groups in total. The summed E-state index contributed by atoms with van der Waals surface area (Å²) in [5.41, 5.74) is 2.79. The smallest absolute Gasteiger partial charge is 0.225 e. The molecule has 0 unspecified atom stereocenters. The van der Waals surface area contributed by atoms with Crippen molar-refractivity contribution in [3.63, 3.8) is 0 Å². The predicted octanol–water partition coefficient (Wildman–Crippen LogP) is 1.18. The van der Waals surface area contributed by atoms with Crippen molar-refractivity contribution in [2.75, 3.05) is 33.9 Å². The van der Waals surface area contributed by atoms with E-state index in [1.165, 1.54) is 10.5 Å². The summed E-state index contributed by atoms with van der Waals surface area (Å²) in [4.78, 5) is 15.6. The fraction of sp³-hybridized carbons (Fsp3) is 0.500. The minimum absolute atomic E-state index is 0.0460. The molecule has 1 amide bonds. The summed E-state index contributed by atoms with van der Waals surface area (Å²) in [6.45, 7) is 4.36. The molecule has 3 heterocycles. The minimum Gasteiger partial charge on any atom is -0.486 e. The summed E-state index contributed by atoms with van der Waals surface area (Å²) in [6, 6.07) is 7.99. The molecule has 0 aliphatic carbocycles. The summed E-state index contributed by atoms with van der Waals surface area (Å²) in [5.74, 6) is 1.50. The van der Waals surface area contributed by atoms with E-state index in [1.54, 1.807) is 14.1 Å². The van der Waals surface area contributed by atoms with Crippen molar-refractivity contribution in [2.24, 2.45) is 0 Å². The molecular weight excluding hydrogens is 360 g/mol.